The van der Waals surface area contributed by atoms with Crippen molar-refractivity contribution < 1.29 is 14.1 Å². The minimum Gasteiger partial charge on any atom is -0.322 e. The first-order valence-corrected chi connectivity index (χ1v) is 6.27. The average molecular weight is 309 g/mol. The molecule has 21 heavy (non-hydrogen) atoms. The highest BCUT2D eigenvalue weighted by Crippen LogP contribution is 2.27. The topological polar surface area (TPSA) is 72.2 Å². The van der Waals surface area contributed by atoms with E-state index in [0.29, 0.717) is 0 Å². The van der Waals surface area contributed by atoms with Gasteiger partial charge in [-0.25, -0.2) is 4.39 Å². The van der Waals surface area contributed by atoms with Crippen molar-refractivity contribution in [2.75, 3.05) is 5.32 Å². The van der Waals surface area contributed by atoms with Crippen LogP contribution in [0.1, 0.15) is 15.9 Å². The first-order valence-electron chi connectivity index (χ1n) is 5.90. The molecule has 0 aliphatic rings. The summed E-state index contributed by atoms with van der Waals surface area (Å²) in [4.78, 5) is 22.0. The molecule has 0 aliphatic heterocycles. The van der Waals surface area contributed by atoms with Crippen LogP contribution in [0.2, 0.25) is 5.02 Å². The Morgan fingerprint density at radius 2 is 2.00 bits per heavy atom. The third-order valence-electron chi connectivity index (χ3n) is 2.77. The minimum atomic E-state index is -0.652. The SMILES string of the molecule is Cc1ccc(F)c(C(=O)Nc2ccc([N+](=O)[O-])c(Cl)c2)c1. The number of nitro groups is 1. The van der Waals surface area contributed by atoms with E-state index in [9.17, 15) is 19.3 Å². The number of benzene rings is 2. The minimum absolute atomic E-state index is 0.107. The molecule has 2 rings (SSSR count). The number of halogens is 2. The van der Waals surface area contributed by atoms with Gasteiger partial charge < -0.3 is 5.32 Å². The number of nitrogens with one attached hydrogen (secondary N) is 1. The molecule has 1 N–H and O–H groups in total. The van der Waals surface area contributed by atoms with E-state index in [2.05, 4.69) is 5.32 Å². The molecule has 0 atom stereocenters. The number of nitro benzene ring substituents is 1. The van der Waals surface area contributed by atoms with E-state index in [1.807, 2.05) is 0 Å². The molecule has 1 amide bonds. The number of hydrogen-bond acceptors (Lipinski definition) is 3. The van der Waals surface area contributed by atoms with E-state index >= 15 is 0 Å². The van der Waals surface area contributed by atoms with Crippen molar-refractivity contribution in [3.8, 4) is 0 Å². The molecule has 0 radical (unpaired) electrons. The Hall–Kier alpha value is -2.47. The molecule has 0 saturated heterocycles. The fraction of sp³-hybridized carbons (Fsp3) is 0.0714. The normalized spacial score (nSPS) is 10.2. The quantitative estimate of drug-likeness (QED) is 0.689. The smallest absolute Gasteiger partial charge is 0.288 e. The summed E-state index contributed by atoms with van der Waals surface area (Å²) in [5, 5.41) is 13.0. The fourth-order valence-corrected chi connectivity index (χ4v) is 1.99. The maximum Gasteiger partial charge on any atom is 0.288 e. The second-order valence-corrected chi connectivity index (χ2v) is 4.77. The summed E-state index contributed by atoms with van der Waals surface area (Å²) in [5.74, 6) is -1.30. The zero-order valence-electron chi connectivity index (χ0n) is 10.9. The summed E-state index contributed by atoms with van der Waals surface area (Å²) >= 11 is 5.74. The van der Waals surface area contributed by atoms with Gasteiger partial charge in [-0.05, 0) is 31.2 Å². The Morgan fingerprint density at radius 1 is 1.29 bits per heavy atom. The van der Waals surface area contributed by atoms with Gasteiger partial charge in [0.1, 0.15) is 10.8 Å². The Morgan fingerprint density at radius 3 is 2.62 bits per heavy atom. The molecular weight excluding hydrogens is 299 g/mol. The molecule has 0 bridgehead atoms. The lowest BCUT2D eigenvalue weighted by Crippen LogP contribution is -2.14. The molecule has 2 aromatic rings. The number of nitrogens with zero attached hydrogens (tertiary/aromatic N) is 1. The molecule has 0 unspecified atom stereocenters. The molecule has 0 aliphatic carbocycles. The zero-order chi connectivity index (χ0) is 15.6. The van der Waals surface area contributed by atoms with Crippen LogP contribution in [0.3, 0.4) is 0 Å². The summed E-state index contributed by atoms with van der Waals surface area (Å²) in [7, 11) is 0. The van der Waals surface area contributed by atoms with Crippen LogP contribution in [-0.4, -0.2) is 10.8 Å². The number of carbonyl (C=O) groups is 1. The Bertz CT molecular complexity index is 734. The molecule has 108 valence electrons. The first kappa shape index (κ1) is 14.9. The number of aryl methyl sites for hydroxylation is 1. The molecule has 0 heterocycles. The summed E-state index contributed by atoms with van der Waals surface area (Å²) in [5.41, 5.74) is 0.612. The highest BCUT2D eigenvalue weighted by Gasteiger charge is 2.15. The van der Waals surface area contributed by atoms with Crippen LogP contribution in [0.15, 0.2) is 36.4 Å². The standard InChI is InChI=1S/C14H10ClFN2O3/c1-8-2-4-12(16)10(6-8)14(19)17-9-3-5-13(18(20)21)11(15)7-9/h2-7H,1H3,(H,17,19). The fourth-order valence-electron chi connectivity index (χ4n) is 1.74. The number of amides is 1. The van der Waals surface area contributed by atoms with Crippen LogP contribution in [0.4, 0.5) is 15.8 Å². The van der Waals surface area contributed by atoms with Crippen molar-refractivity contribution in [1.29, 1.82) is 0 Å². The van der Waals surface area contributed by atoms with Gasteiger partial charge in [0.15, 0.2) is 0 Å². The monoisotopic (exact) mass is 308 g/mol. The molecule has 0 fully saturated rings. The van der Waals surface area contributed by atoms with E-state index in [1.54, 1.807) is 13.0 Å². The second-order valence-electron chi connectivity index (χ2n) is 4.36. The largest absolute Gasteiger partial charge is 0.322 e. The average Bonchev–Trinajstić information content (AvgIpc) is 2.41. The van der Waals surface area contributed by atoms with Gasteiger partial charge in [0, 0.05) is 11.8 Å². The van der Waals surface area contributed by atoms with E-state index in [0.717, 1.165) is 5.56 Å². The van der Waals surface area contributed by atoms with Crippen LogP contribution in [0.25, 0.3) is 0 Å². The first-order chi connectivity index (χ1) is 9.88. The Balaban J connectivity index is 2.26. The van der Waals surface area contributed by atoms with Gasteiger partial charge in [0.2, 0.25) is 0 Å². The Labute approximate surface area is 124 Å². The lowest BCUT2D eigenvalue weighted by atomic mass is 10.1. The van der Waals surface area contributed by atoms with Crippen molar-refractivity contribution in [3.63, 3.8) is 0 Å². The van der Waals surface area contributed by atoms with Crippen molar-refractivity contribution in [2.45, 2.75) is 6.92 Å². The lowest BCUT2D eigenvalue weighted by Gasteiger charge is -2.07. The van der Waals surface area contributed by atoms with E-state index < -0.39 is 16.6 Å². The van der Waals surface area contributed by atoms with Gasteiger partial charge in [0.05, 0.1) is 10.5 Å². The highest BCUT2D eigenvalue weighted by atomic mass is 35.5. The van der Waals surface area contributed by atoms with Crippen LogP contribution < -0.4 is 5.32 Å². The maximum absolute atomic E-state index is 13.6. The molecule has 5 nitrogen and oxygen atoms in total. The van der Waals surface area contributed by atoms with Crippen molar-refractivity contribution in [1.82, 2.24) is 0 Å². The van der Waals surface area contributed by atoms with Gasteiger partial charge in [-0.2, -0.15) is 0 Å². The van der Waals surface area contributed by atoms with Gasteiger partial charge in [0.25, 0.3) is 11.6 Å². The van der Waals surface area contributed by atoms with E-state index in [4.69, 9.17) is 11.6 Å². The zero-order valence-corrected chi connectivity index (χ0v) is 11.6. The van der Waals surface area contributed by atoms with Crippen molar-refractivity contribution in [3.05, 3.63) is 68.5 Å². The number of carbonyl (C=O) groups excluding carboxylic acids is 1. The van der Waals surface area contributed by atoms with Gasteiger partial charge in [-0.15, -0.1) is 0 Å². The predicted octanol–water partition coefficient (Wildman–Crippen LogP) is 3.95. The van der Waals surface area contributed by atoms with E-state index in [-0.39, 0.29) is 22.0 Å². The lowest BCUT2D eigenvalue weighted by molar-refractivity contribution is -0.384. The third kappa shape index (κ3) is 3.35. The van der Waals surface area contributed by atoms with Gasteiger partial charge >= 0.3 is 0 Å². The second kappa shape index (κ2) is 5.88. The summed E-state index contributed by atoms with van der Waals surface area (Å²) in [6.45, 7) is 1.74. The highest BCUT2D eigenvalue weighted by molar-refractivity contribution is 6.33. The molecule has 2 aromatic carbocycles. The van der Waals surface area contributed by atoms with Crippen LogP contribution in [0, 0.1) is 22.9 Å². The Kier molecular flexibility index (Phi) is 4.18. The predicted molar refractivity (Wildman–Crippen MR) is 77.2 cm³/mol. The molecular formula is C14H10ClFN2O3. The van der Waals surface area contributed by atoms with Crippen LogP contribution in [0.5, 0.6) is 0 Å². The van der Waals surface area contributed by atoms with Crippen LogP contribution in [-0.2, 0) is 0 Å². The molecule has 0 spiro atoms. The van der Waals surface area contributed by atoms with Crippen LogP contribution >= 0.6 is 11.6 Å². The summed E-state index contributed by atoms with van der Waals surface area (Å²) in [6.07, 6.45) is 0. The molecule has 0 saturated carbocycles. The maximum atomic E-state index is 13.6. The molecule has 0 aromatic heterocycles. The summed E-state index contributed by atoms with van der Waals surface area (Å²) in [6, 6.07) is 7.91. The summed E-state index contributed by atoms with van der Waals surface area (Å²) < 4.78 is 13.6. The van der Waals surface area contributed by atoms with Gasteiger partial charge in [-0.3, -0.25) is 14.9 Å². The van der Waals surface area contributed by atoms with Crippen molar-refractivity contribution in [2.24, 2.45) is 0 Å². The number of rotatable bonds is 3. The molecule has 7 heteroatoms. The third-order valence-corrected chi connectivity index (χ3v) is 3.07. The number of anilines is 1. The van der Waals surface area contributed by atoms with Crippen molar-refractivity contribution >= 4 is 28.9 Å². The van der Waals surface area contributed by atoms with E-state index in [1.165, 1.54) is 30.3 Å². The number of hydrogen-bond donors (Lipinski definition) is 1. The van der Waals surface area contributed by atoms with Gasteiger partial charge in [-0.1, -0.05) is 23.2 Å².